The molecule has 0 aliphatic carbocycles. The molecular formula is C19H12Cl2N2O5. The SMILES string of the molecule is C#CCOc1c(Cl)cc(/C=C2/C(=O)Nc3cc(Cl)c([N+](=O)[O-])cc32)cc1OC. The van der Waals surface area contributed by atoms with Crippen LogP contribution in [0.1, 0.15) is 11.1 Å². The van der Waals surface area contributed by atoms with E-state index in [4.69, 9.17) is 39.1 Å². The molecule has 0 radical (unpaired) electrons. The number of benzene rings is 2. The van der Waals surface area contributed by atoms with Gasteiger partial charge in [-0.3, -0.25) is 14.9 Å². The quantitative estimate of drug-likeness (QED) is 0.336. The van der Waals surface area contributed by atoms with E-state index in [-0.39, 0.29) is 33.7 Å². The van der Waals surface area contributed by atoms with Crippen LogP contribution in [0.4, 0.5) is 11.4 Å². The third kappa shape index (κ3) is 3.60. The van der Waals surface area contributed by atoms with Gasteiger partial charge < -0.3 is 14.8 Å². The number of nitro benzene ring substituents is 1. The number of nitro groups is 1. The average Bonchev–Trinajstić information content (AvgIpc) is 2.93. The number of ether oxygens (including phenoxy) is 2. The molecule has 1 heterocycles. The van der Waals surface area contributed by atoms with Crippen molar-refractivity contribution in [3.8, 4) is 23.8 Å². The van der Waals surface area contributed by atoms with Gasteiger partial charge in [-0.1, -0.05) is 29.1 Å². The largest absolute Gasteiger partial charge is 0.493 e. The van der Waals surface area contributed by atoms with Crippen LogP contribution in [0.3, 0.4) is 0 Å². The number of rotatable bonds is 5. The molecule has 2 aromatic carbocycles. The first-order chi connectivity index (χ1) is 13.3. The molecule has 0 aromatic heterocycles. The number of amides is 1. The van der Waals surface area contributed by atoms with Crippen LogP contribution in [-0.4, -0.2) is 24.5 Å². The molecule has 7 nitrogen and oxygen atoms in total. The van der Waals surface area contributed by atoms with E-state index in [0.717, 1.165) is 0 Å². The van der Waals surface area contributed by atoms with E-state index in [0.29, 0.717) is 22.6 Å². The zero-order valence-electron chi connectivity index (χ0n) is 14.4. The highest BCUT2D eigenvalue weighted by molar-refractivity contribution is 6.38. The van der Waals surface area contributed by atoms with Crippen LogP contribution in [0.15, 0.2) is 24.3 Å². The van der Waals surface area contributed by atoms with Crippen LogP contribution < -0.4 is 14.8 Å². The Balaban J connectivity index is 2.09. The van der Waals surface area contributed by atoms with E-state index in [1.165, 1.54) is 25.3 Å². The summed E-state index contributed by atoms with van der Waals surface area (Å²) in [7, 11) is 1.44. The molecule has 142 valence electrons. The molecule has 1 aliphatic rings. The van der Waals surface area contributed by atoms with Gasteiger partial charge in [0.2, 0.25) is 0 Å². The molecule has 1 N–H and O–H groups in total. The second-order valence-electron chi connectivity index (χ2n) is 5.65. The first-order valence-electron chi connectivity index (χ1n) is 7.80. The summed E-state index contributed by atoms with van der Waals surface area (Å²) in [5.41, 5.74) is 1.22. The summed E-state index contributed by atoms with van der Waals surface area (Å²) < 4.78 is 10.7. The van der Waals surface area contributed by atoms with E-state index >= 15 is 0 Å². The van der Waals surface area contributed by atoms with E-state index in [1.54, 1.807) is 12.1 Å². The summed E-state index contributed by atoms with van der Waals surface area (Å²) in [6.07, 6.45) is 6.73. The van der Waals surface area contributed by atoms with Crippen molar-refractivity contribution < 1.29 is 19.2 Å². The number of nitrogens with zero attached hydrogens (tertiary/aromatic N) is 1. The number of hydrogen-bond donors (Lipinski definition) is 1. The molecule has 0 bridgehead atoms. The predicted octanol–water partition coefficient (Wildman–Crippen LogP) is 4.41. The number of methoxy groups -OCH3 is 1. The lowest BCUT2D eigenvalue weighted by Crippen LogP contribution is -2.03. The molecule has 0 fully saturated rings. The van der Waals surface area contributed by atoms with Gasteiger partial charge in [-0.15, -0.1) is 6.42 Å². The maximum atomic E-state index is 12.4. The van der Waals surface area contributed by atoms with Gasteiger partial charge in [0.15, 0.2) is 11.5 Å². The summed E-state index contributed by atoms with van der Waals surface area (Å²) in [4.78, 5) is 22.9. The van der Waals surface area contributed by atoms with Gasteiger partial charge in [0, 0.05) is 17.2 Å². The highest BCUT2D eigenvalue weighted by Crippen LogP contribution is 2.41. The number of fused-ring (bicyclic) bond motifs is 1. The Morgan fingerprint density at radius 2 is 2.04 bits per heavy atom. The number of halogens is 2. The molecule has 28 heavy (non-hydrogen) atoms. The van der Waals surface area contributed by atoms with Crippen molar-refractivity contribution in [2.75, 3.05) is 19.0 Å². The van der Waals surface area contributed by atoms with Gasteiger partial charge in [-0.25, -0.2) is 0 Å². The van der Waals surface area contributed by atoms with E-state index < -0.39 is 10.8 Å². The van der Waals surface area contributed by atoms with E-state index in [9.17, 15) is 14.9 Å². The smallest absolute Gasteiger partial charge is 0.288 e. The Bertz CT molecular complexity index is 1070. The van der Waals surface area contributed by atoms with Gasteiger partial charge >= 0.3 is 0 Å². The third-order valence-electron chi connectivity index (χ3n) is 3.93. The second-order valence-corrected chi connectivity index (χ2v) is 6.46. The number of hydrogen-bond acceptors (Lipinski definition) is 5. The lowest BCUT2D eigenvalue weighted by Gasteiger charge is -2.12. The Labute approximate surface area is 170 Å². The molecule has 9 heteroatoms. The highest BCUT2D eigenvalue weighted by atomic mass is 35.5. The molecule has 2 aromatic rings. The van der Waals surface area contributed by atoms with E-state index in [2.05, 4.69) is 11.2 Å². The Morgan fingerprint density at radius 3 is 2.68 bits per heavy atom. The Kier molecular flexibility index (Phi) is 5.45. The van der Waals surface area contributed by atoms with Crippen LogP contribution in [0.25, 0.3) is 11.6 Å². The zero-order chi connectivity index (χ0) is 20.4. The molecule has 1 aliphatic heterocycles. The standard InChI is InChI=1S/C19H12Cl2N2O5/c1-3-4-28-18-14(21)6-10(7-17(18)27-2)5-12-11-8-16(23(25)26)13(20)9-15(11)22-19(12)24/h1,5-9H,4H2,2H3,(H,22,24)/b12-5+. The summed E-state index contributed by atoms with van der Waals surface area (Å²) in [6, 6.07) is 5.78. The van der Waals surface area contributed by atoms with Crippen LogP contribution in [0.5, 0.6) is 11.5 Å². The lowest BCUT2D eigenvalue weighted by atomic mass is 10.0. The first kappa shape index (κ1) is 19.5. The van der Waals surface area contributed by atoms with Gasteiger partial charge in [0.25, 0.3) is 11.6 Å². The predicted molar refractivity (Wildman–Crippen MR) is 107 cm³/mol. The van der Waals surface area contributed by atoms with Gasteiger partial charge in [0.1, 0.15) is 11.6 Å². The molecule has 0 saturated carbocycles. The maximum absolute atomic E-state index is 12.4. The molecule has 3 rings (SSSR count). The lowest BCUT2D eigenvalue weighted by molar-refractivity contribution is -0.384. The molecule has 0 spiro atoms. The van der Waals surface area contributed by atoms with Crippen LogP contribution in [0.2, 0.25) is 10.0 Å². The zero-order valence-corrected chi connectivity index (χ0v) is 15.9. The minimum absolute atomic E-state index is 0.0106. The van der Waals surface area contributed by atoms with Crippen molar-refractivity contribution in [1.29, 1.82) is 0 Å². The minimum atomic E-state index is -0.611. The Hall–Kier alpha value is -3.21. The minimum Gasteiger partial charge on any atom is -0.493 e. The molecule has 0 unspecified atom stereocenters. The van der Waals surface area contributed by atoms with Crippen LogP contribution in [0, 0.1) is 22.5 Å². The normalized spacial score (nSPS) is 13.6. The fourth-order valence-corrected chi connectivity index (χ4v) is 3.23. The number of anilines is 1. The summed E-state index contributed by atoms with van der Waals surface area (Å²) in [5.74, 6) is 2.52. The summed E-state index contributed by atoms with van der Waals surface area (Å²) in [6.45, 7) is 0.0106. The molecular weight excluding hydrogens is 407 g/mol. The maximum Gasteiger partial charge on any atom is 0.288 e. The number of carbonyl (C=O) groups excluding carboxylic acids is 1. The molecule has 0 saturated heterocycles. The monoisotopic (exact) mass is 418 g/mol. The summed E-state index contributed by atoms with van der Waals surface area (Å²) >= 11 is 12.2. The topological polar surface area (TPSA) is 90.7 Å². The van der Waals surface area contributed by atoms with Crippen LogP contribution in [-0.2, 0) is 4.79 Å². The van der Waals surface area contributed by atoms with Gasteiger partial charge in [-0.2, -0.15) is 0 Å². The fourth-order valence-electron chi connectivity index (χ4n) is 2.73. The van der Waals surface area contributed by atoms with Crippen molar-refractivity contribution in [2.24, 2.45) is 0 Å². The van der Waals surface area contributed by atoms with Crippen molar-refractivity contribution in [2.45, 2.75) is 0 Å². The summed E-state index contributed by atoms with van der Waals surface area (Å²) in [5, 5.41) is 14.0. The van der Waals surface area contributed by atoms with Crippen molar-refractivity contribution in [3.05, 3.63) is 55.6 Å². The fraction of sp³-hybridized carbons (Fsp3) is 0.105. The average molecular weight is 419 g/mol. The van der Waals surface area contributed by atoms with Crippen molar-refractivity contribution in [1.82, 2.24) is 0 Å². The van der Waals surface area contributed by atoms with Gasteiger partial charge in [0.05, 0.1) is 22.7 Å². The number of carbonyl (C=O) groups is 1. The third-order valence-corrected chi connectivity index (χ3v) is 4.51. The first-order valence-corrected chi connectivity index (χ1v) is 8.56. The van der Waals surface area contributed by atoms with Gasteiger partial charge in [-0.05, 0) is 29.8 Å². The molecule has 1 amide bonds. The Morgan fingerprint density at radius 1 is 1.29 bits per heavy atom. The number of terminal acetylenes is 1. The molecule has 0 atom stereocenters. The highest BCUT2D eigenvalue weighted by Gasteiger charge is 2.28. The number of nitrogens with one attached hydrogen (secondary N) is 1. The van der Waals surface area contributed by atoms with E-state index in [1.807, 2.05) is 0 Å². The van der Waals surface area contributed by atoms with Crippen LogP contribution >= 0.6 is 23.2 Å². The van der Waals surface area contributed by atoms with Crippen molar-refractivity contribution in [3.63, 3.8) is 0 Å². The van der Waals surface area contributed by atoms with Crippen molar-refractivity contribution >= 4 is 52.1 Å². The second kappa shape index (κ2) is 7.80.